The highest BCUT2D eigenvalue weighted by Gasteiger charge is 2.26. The molecule has 0 atom stereocenters. The van der Waals surface area contributed by atoms with Gasteiger partial charge in [-0.15, -0.1) is 0 Å². The average Bonchev–Trinajstić information content (AvgIpc) is 3.26. The molecule has 2 aliphatic heterocycles. The highest BCUT2D eigenvalue weighted by molar-refractivity contribution is 6.02. The van der Waals surface area contributed by atoms with Crippen molar-refractivity contribution in [3.05, 3.63) is 35.9 Å². The van der Waals surface area contributed by atoms with Gasteiger partial charge in [0.2, 0.25) is 11.8 Å². The molecule has 3 amide bonds. The van der Waals surface area contributed by atoms with Crippen molar-refractivity contribution in [1.82, 2.24) is 15.2 Å². The summed E-state index contributed by atoms with van der Waals surface area (Å²) in [5.41, 5.74) is 1.43. The molecule has 2 heterocycles. The van der Waals surface area contributed by atoms with E-state index in [0.29, 0.717) is 32.1 Å². The minimum Gasteiger partial charge on any atom is -0.444 e. The number of carbonyl (C=O) groups is 3. The quantitative estimate of drug-likeness (QED) is 0.733. The average molecular weight is 443 g/mol. The molecule has 32 heavy (non-hydrogen) atoms. The molecule has 8 nitrogen and oxygen atoms in total. The number of benzene rings is 1. The number of nitrogens with zero attached hydrogens (tertiary/aromatic N) is 3. The number of hydrogen-bond donors (Lipinski definition) is 1. The summed E-state index contributed by atoms with van der Waals surface area (Å²) < 4.78 is 5.26. The zero-order chi connectivity index (χ0) is 23.1. The van der Waals surface area contributed by atoms with E-state index in [2.05, 4.69) is 10.4 Å². The second-order valence-corrected chi connectivity index (χ2v) is 9.39. The van der Waals surface area contributed by atoms with Crippen molar-refractivity contribution < 1.29 is 19.1 Å². The van der Waals surface area contributed by atoms with Gasteiger partial charge in [0.15, 0.2) is 0 Å². The van der Waals surface area contributed by atoms with Crippen LogP contribution < -0.4 is 5.32 Å². The van der Waals surface area contributed by atoms with E-state index in [9.17, 15) is 14.4 Å². The number of likely N-dealkylation sites (tertiary alicyclic amines) is 1. The maximum Gasteiger partial charge on any atom is 0.407 e. The Morgan fingerprint density at radius 1 is 1.03 bits per heavy atom. The van der Waals surface area contributed by atoms with E-state index in [1.165, 1.54) is 5.01 Å². The molecule has 1 saturated heterocycles. The number of nitrogens with one attached hydrogen (secondary N) is 1. The molecule has 3 rings (SSSR count). The molecule has 1 N–H and O–H groups in total. The maximum atomic E-state index is 12.6. The third-order valence-electron chi connectivity index (χ3n) is 5.65. The van der Waals surface area contributed by atoms with E-state index in [1.807, 2.05) is 56.0 Å². The van der Waals surface area contributed by atoms with Crippen molar-refractivity contribution >= 4 is 23.6 Å². The van der Waals surface area contributed by atoms with Crippen molar-refractivity contribution in [3.63, 3.8) is 0 Å². The number of alkyl carbamates (subject to hydrolysis) is 1. The van der Waals surface area contributed by atoms with Gasteiger partial charge in [-0.05, 0) is 45.1 Å². The van der Waals surface area contributed by atoms with Crippen molar-refractivity contribution in [2.75, 3.05) is 26.2 Å². The first-order valence-electron chi connectivity index (χ1n) is 11.4. The Kier molecular flexibility index (Phi) is 7.88. The predicted molar refractivity (Wildman–Crippen MR) is 122 cm³/mol. The van der Waals surface area contributed by atoms with Gasteiger partial charge < -0.3 is 15.0 Å². The normalized spacial score (nSPS) is 17.2. The first kappa shape index (κ1) is 23.8. The lowest BCUT2D eigenvalue weighted by Crippen LogP contribution is -2.42. The molecule has 0 bridgehead atoms. The van der Waals surface area contributed by atoms with Crippen molar-refractivity contribution in [3.8, 4) is 0 Å². The SMILES string of the molecule is CC(C)(C)OC(=O)NCC1CCN(C(=O)CCC(=O)N2CCC(c3ccccc3)=N2)CC1. The van der Waals surface area contributed by atoms with E-state index in [4.69, 9.17) is 4.74 Å². The van der Waals surface area contributed by atoms with Crippen LogP contribution in [0, 0.1) is 5.92 Å². The van der Waals surface area contributed by atoms with Gasteiger partial charge in [-0.3, -0.25) is 9.59 Å². The van der Waals surface area contributed by atoms with Crippen LogP contribution in [-0.4, -0.2) is 65.3 Å². The Hall–Kier alpha value is -2.90. The minimum atomic E-state index is -0.513. The number of hydrazone groups is 1. The first-order chi connectivity index (χ1) is 15.2. The molecule has 0 radical (unpaired) electrons. The molecule has 0 unspecified atom stereocenters. The number of amides is 3. The second-order valence-electron chi connectivity index (χ2n) is 9.39. The van der Waals surface area contributed by atoms with Crippen LogP contribution in [0.1, 0.15) is 58.4 Å². The first-order valence-corrected chi connectivity index (χ1v) is 11.4. The minimum absolute atomic E-state index is 0.00311. The van der Waals surface area contributed by atoms with Crippen LogP contribution >= 0.6 is 0 Å². The molecule has 1 aromatic rings. The summed E-state index contributed by atoms with van der Waals surface area (Å²) in [6, 6.07) is 9.84. The molecular formula is C24H34N4O4. The Morgan fingerprint density at radius 2 is 1.69 bits per heavy atom. The second kappa shape index (κ2) is 10.6. The van der Waals surface area contributed by atoms with E-state index in [1.54, 1.807) is 0 Å². The zero-order valence-corrected chi connectivity index (χ0v) is 19.3. The van der Waals surface area contributed by atoms with E-state index in [-0.39, 0.29) is 24.7 Å². The molecule has 2 aliphatic rings. The molecule has 0 aromatic heterocycles. The summed E-state index contributed by atoms with van der Waals surface area (Å²) in [6.45, 7) is 7.90. The van der Waals surface area contributed by atoms with Crippen molar-refractivity contribution in [1.29, 1.82) is 0 Å². The summed E-state index contributed by atoms with van der Waals surface area (Å²) in [5, 5.41) is 8.75. The van der Waals surface area contributed by atoms with Gasteiger partial charge in [0, 0.05) is 38.9 Å². The Morgan fingerprint density at radius 3 is 2.34 bits per heavy atom. The highest BCUT2D eigenvalue weighted by atomic mass is 16.6. The molecule has 0 aliphatic carbocycles. The van der Waals surface area contributed by atoms with Gasteiger partial charge in [0.1, 0.15) is 5.60 Å². The van der Waals surface area contributed by atoms with Gasteiger partial charge in [0.25, 0.3) is 0 Å². The lowest BCUT2D eigenvalue weighted by molar-refractivity contribution is -0.137. The third-order valence-corrected chi connectivity index (χ3v) is 5.65. The summed E-state index contributed by atoms with van der Waals surface area (Å²) >= 11 is 0. The van der Waals surface area contributed by atoms with E-state index < -0.39 is 11.7 Å². The summed E-state index contributed by atoms with van der Waals surface area (Å²) in [6.07, 6.45) is 2.35. The van der Waals surface area contributed by atoms with Crippen LogP contribution in [0.15, 0.2) is 35.4 Å². The fraction of sp³-hybridized carbons (Fsp3) is 0.583. The van der Waals surface area contributed by atoms with Crippen LogP contribution in [-0.2, 0) is 14.3 Å². The van der Waals surface area contributed by atoms with Gasteiger partial charge in [-0.25, -0.2) is 9.80 Å². The largest absolute Gasteiger partial charge is 0.444 e. The molecule has 8 heteroatoms. The highest BCUT2D eigenvalue weighted by Crippen LogP contribution is 2.19. The molecular weight excluding hydrogens is 408 g/mol. The molecule has 1 aromatic carbocycles. The lowest BCUT2D eigenvalue weighted by atomic mass is 9.96. The number of carbonyl (C=O) groups excluding carboxylic acids is 3. The smallest absolute Gasteiger partial charge is 0.407 e. The van der Waals surface area contributed by atoms with Gasteiger partial charge >= 0.3 is 6.09 Å². The molecule has 0 saturated carbocycles. The number of rotatable bonds is 6. The van der Waals surface area contributed by atoms with Crippen LogP contribution in [0.4, 0.5) is 4.79 Å². The van der Waals surface area contributed by atoms with Gasteiger partial charge in [0.05, 0.1) is 12.3 Å². The van der Waals surface area contributed by atoms with Crippen LogP contribution in [0.2, 0.25) is 0 Å². The van der Waals surface area contributed by atoms with Crippen LogP contribution in [0.5, 0.6) is 0 Å². The molecule has 1 fully saturated rings. The molecule has 174 valence electrons. The maximum absolute atomic E-state index is 12.6. The summed E-state index contributed by atoms with van der Waals surface area (Å²) in [5.74, 6) is 0.215. The van der Waals surface area contributed by atoms with E-state index in [0.717, 1.165) is 30.5 Å². The lowest BCUT2D eigenvalue weighted by Gasteiger charge is -2.32. The monoisotopic (exact) mass is 442 g/mol. The fourth-order valence-corrected chi connectivity index (χ4v) is 3.90. The summed E-state index contributed by atoms with van der Waals surface area (Å²) in [4.78, 5) is 38.7. The van der Waals surface area contributed by atoms with Crippen LogP contribution in [0.3, 0.4) is 0 Å². The van der Waals surface area contributed by atoms with Crippen LogP contribution in [0.25, 0.3) is 0 Å². The number of hydrogen-bond acceptors (Lipinski definition) is 5. The third kappa shape index (κ3) is 7.07. The van der Waals surface area contributed by atoms with Gasteiger partial charge in [-0.1, -0.05) is 30.3 Å². The summed E-state index contributed by atoms with van der Waals surface area (Å²) in [7, 11) is 0. The van der Waals surface area contributed by atoms with Crippen molar-refractivity contribution in [2.24, 2.45) is 11.0 Å². The fourth-order valence-electron chi connectivity index (χ4n) is 3.90. The van der Waals surface area contributed by atoms with Crippen molar-refractivity contribution in [2.45, 2.75) is 58.5 Å². The predicted octanol–water partition coefficient (Wildman–Crippen LogP) is 3.17. The van der Waals surface area contributed by atoms with E-state index >= 15 is 0 Å². The van der Waals surface area contributed by atoms with Gasteiger partial charge in [-0.2, -0.15) is 5.10 Å². The molecule has 0 spiro atoms. The zero-order valence-electron chi connectivity index (χ0n) is 19.3. The Bertz CT molecular complexity index is 839. The standard InChI is InChI=1S/C24H34N4O4/c1-24(2,3)32-23(31)25-17-18-11-14-27(15-12-18)21(29)9-10-22(30)28-16-13-20(26-28)19-7-5-4-6-8-19/h4-8,18H,9-17H2,1-3H3,(H,25,31). The Labute approximate surface area is 190 Å². The Balaban J connectivity index is 1.36. The topological polar surface area (TPSA) is 91.3 Å². The number of ether oxygens (including phenoxy) is 1. The number of piperidine rings is 1.